The van der Waals surface area contributed by atoms with Crippen LogP contribution in [0.2, 0.25) is 0 Å². The molecule has 172 valence electrons. The molecular weight excluding hydrogens is 430 g/mol. The van der Waals surface area contributed by atoms with Gasteiger partial charge < -0.3 is 24.3 Å². The summed E-state index contributed by atoms with van der Waals surface area (Å²) in [5, 5.41) is 3.85. The number of hydrogen-bond donors (Lipinski definition) is 1. The summed E-state index contributed by atoms with van der Waals surface area (Å²) in [6.45, 7) is 2.67. The Kier molecular flexibility index (Phi) is 5.91. The minimum Gasteiger partial charge on any atom is -0.496 e. The zero-order valence-electron chi connectivity index (χ0n) is 18.9. The van der Waals surface area contributed by atoms with Crippen LogP contribution in [0.1, 0.15) is 20.9 Å². The van der Waals surface area contributed by atoms with Gasteiger partial charge in [0.15, 0.2) is 5.76 Å². The second kappa shape index (κ2) is 9.31. The number of piperazine rings is 1. The minimum absolute atomic E-state index is 0.0785. The molecule has 5 rings (SSSR count). The van der Waals surface area contributed by atoms with Crippen molar-refractivity contribution in [1.29, 1.82) is 0 Å². The zero-order chi connectivity index (χ0) is 23.5. The molecule has 0 radical (unpaired) electrons. The maximum Gasteiger partial charge on any atom is 0.289 e. The molecule has 1 aromatic heterocycles. The largest absolute Gasteiger partial charge is 0.496 e. The van der Waals surface area contributed by atoms with Crippen molar-refractivity contribution in [3.8, 4) is 5.75 Å². The third-order valence-corrected chi connectivity index (χ3v) is 6.05. The van der Waals surface area contributed by atoms with E-state index in [-0.39, 0.29) is 11.8 Å². The van der Waals surface area contributed by atoms with E-state index in [4.69, 9.17) is 9.15 Å². The Bertz CT molecular complexity index is 1290. The summed E-state index contributed by atoms with van der Waals surface area (Å²) >= 11 is 0. The topological polar surface area (TPSA) is 75.0 Å². The molecule has 1 aliphatic rings. The van der Waals surface area contributed by atoms with Gasteiger partial charge in [-0.1, -0.05) is 30.3 Å². The van der Waals surface area contributed by atoms with Crippen LogP contribution in [-0.2, 0) is 0 Å². The van der Waals surface area contributed by atoms with Gasteiger partial charge in [0.05, 0.1) is 12.7 Å². The quantitative estimate of drug-likeness (QED) is 0.474. The molecule has 2 heterocycles. The van der Waals surface area contributed by atoms with Gasteiger partial charge in [-0.3, -0.25) is 9.59 Å². The molecule has 0 unspecified atom stereocenters. The molecule has 1 saturated heterocycles. The van der Waals surface area contributed by atoms with Crippen LogP contribution in [-0.4, -0.2) is 50.0 Å². The predicted molar refractivity (Wildman–Crippen MR) is 132 cm³/mol. The van der Waals surface area contributed by atoms with Gasteiger partial charge in [-0.2, -0.15) is 0 Å². The number of ether oxygens (including phenoxy) is 1. The number of anilines is 2. The van der Waals surface area contributed by atoms with E-state index in [0.29, 0.717) is 35.9 Å². The van der Waals surface area contributed by atoms with Gasteiger partial charge in [0.25, 0.3) is 11.8 Å². The Morgan fingerprint density at radius 2 is 1.59 bits per heavy atom. The normalized spacial score (nSPS) is 13.7. The molecular formula is C27H25N3O4. The van der Waals surface area contributed by atoms with Crippen LogP contribution in [0.5, 0.6) is 5.75 Å². The van der Waals surface area contributed by atoms with Crippen LogP contribution in [0.3, 0.4) is 0 Å². The van der Waals surface area contributed by atoms with Crippen molar-refractivity contribution in [3.63, 3.8) is 0 Å². The number of hydrogen-bond acceptors (Lipinski definition) is 5. The average molecular weight is 456 g/mol. The summed E-state index contributed by atoms with van der Waals surface area (Å²) in [6, 6.07) is 24.3. The van der Waals surface area contributed by atoms with Crippen molar-refractivity contribution in [2.75, 3.05) is 43.5 Å². The number of furan rings is 1. The molecule has 0 spiro atoms. The van der Waals surface area contributed by atoms with Gasteiger partial charge >= 0.3 is 0 Å². The fraction of sp³-hybridized carbons (Fsp3) is 0.185. The van der Waals surface area contributed by atoms with Crippen molar-refractivity contribution < 1.29 is 18.7 Å². The van der Waals surface area contributed by atoms with Crippen LogP contribution >= 0.6 is 0 Å². The lowest BCUT2D eigenvalue weighted by Gasteiger charge is -2.35. The number of carbonyl (C=O) groups is 2. The van der Waals surface area contributed by atoms with E-state index in [0.717, 1.165) is 29.7 Å². The number of nitrogens with one attached hydrogen (secondary N) is 1. The van der Waals surface area contributed by atoms with Crippen LogP contribution in [0.25, 0.3) is 11.0 Å². The van der Waals surface area contributed by atoms with E-state index >= 15 is 0 Å². The Hall–Kier alpha value is -4.26. The zero-order valence-corrected chi connectivity index (χ0v) is 18.9. The first-order valence-corrected chi connectivity index (χ1v) is 11.2. The van der Waals surface area contributed by atoms with Crippen LogP contribution in [0, 0.1) is 0 Å². The molecule has 0 atom stereocenters. The molecule has 7 heteroatoms. The van der Waals surface area contributed by atoms with Crippen LogP contribution in [0.4, 0.5) is 11.4 Å². The van der Waals surface area contributed by atoms with E-state index in [1.54, 1.807) is 25.3 Å². The van der Waals surface area contributed by atoms with Crippen molar-refractivity contribution in [3.05, 3.63) is 90.2 Å². The second-order valence-corrected chi connectivity index (χ2v) is 8.13. The van der Waals surface area contributed by atoms with Gasteiger partial charge in [0.1, 0.15) is 11.3 Å². The van der Waals surface area contributed by atoms with Crippen molar-refractivity contribution in [2.45, 2.75) is 0 Å². The maximum atomic E-state index is 12.9. The van der Waals surface area contributed by atoms with Crippen LogP contribution in [0.15, 0.2) is 83.3 Å². The monoisotopic (exact) mass is 455 g/mol. The molecule has 4 aromatic rings. The lowest BCUT2D eigenvalue weighted by molar-refractivity contribution is 0.0717. The molecule has 1 aliphatic heterocycles. The SMILES string of the molecule is COc1ccccc1C(=O)Nc1ccc(N2CCN(C(=O)c3cc4ccccc4o3)CC2)cc1. The molecule has 0 bridgehead atoms. The fourth-order valence-corrected chi connectivity index (χ4v) is 4.20. The van der Waals surface area contributed by atoms with Gasteiger partial charge in [0.2, 0.25) is 0 Å². The predicted octanol–water partition coefficient (Wildman–Crippen LogP) is 4.66. The molecule has 2 amide bonds. The molecule has 1 fully saturated rings. The molecule has 1 N–H and O–H groups in total. The van der Waals surface area contributed by atoms with E-state index in [9.17, 15) is 9.59 Å². The highest BCUT2D eigenvalue weighted by atomic mass is 16.5. The molecule has 0 aliphatic carbocycles. The standard InChI is InChI=1S/C27H25N3O4/c1-33-24-9-5-3-7-22(24)26(31)28-20-10-12-21(13-11-20)29-14-16-30(17-15-29)27(32)25-18-19-6-2-4-8-23(19)34-25/h2-13,18H,14-17H2,1H3,(H,28,31). The summed E-state index contributed by atoms with van der Waals surface area (Å²) in [6.07, 6.45) is 0. The molecule has 0 saturated carbocycles. The first-order chi connectivity index (χ1) is 16.6. The third kappa shape index (κ3) is 4.32. The van der Waals surface area contributed by atoms with Gasteiger partial charge in [-0.25, -0.2) is 0 Å². The number of para-hydroxylation sites is 2. The Morgan fingerprint density at radius 3 is 2.32 bits per heavy atom. The van der Waals surface area contributed by atoms with Crippen molar-refractivity contribution in [2.24, 2.45) is 0 Å². The van der Waals surface area contributed by atoms with Gasteiger partial charge in [-0.15, -0.1) is 0 Å². The Morgan fingerprint density at radius 1 is 0.882 bits per heavy atom. The number of methoxy groups -OCH3 is 1. The minimum atomic E-state index is -0.220. The summed E-state index contributed by atoms with van der Waals surface area (Å²) in [4.78, 5) is 29.6. The van der Waals surface area contributed by atoms with E-state index in [1.807, 2.05) is 65.6 Å². The summed E-state index contributed by atoms with van der Waals surface area (Å²) in [5.41, 5.74) is 2.96. The van der Waals surface area contributed by atoms with Gasteiger partial charge in [0, 0.05) is 42.9 Å². The van der Waals surface area contributed by atoms with E-state index in [1.165, 1.54) is 0 Å². The van der Waals surface area contributed by atoms with Crippen LogP contribution < -0.4 is 15.0 Å². The number of benzene rings is 3. The highest BCUT2D eigenvalue weighted by molar-refractivity contribution is 6.06. The third-order valence-electron chi connectivity index (χ3n) is 6.05. The first kappa shape index (κ1) is 21.6. The van der Waals surface area contributed by atoms with E-state index in [2.05, 4.69) is 10.2 Å². The number of rotatable bonds is 5. The highest BCUT2D eigenvalue weighted by Gasteiger charge is 2.24. The van der Waals surface area contributed by atoms with Gasteiger partial charge in [-0.05, 0) is 48.5 Å². The molecule has 34 heavy (non-hydrogen) atoms. The fourth-order valence-electron chi connectivity index (χ4n) is 4.20. The lowest BCUT2D eigenvalue weighted by Crippen LogP contribution is -2.48. The molecule has 3 aromatic carbocycles. The van der Waals surface area contributed by atoms with Crippen molar-refractivity contribution >= 4 is 34.2 Å². The average Bonchev–Trinajstić information content (AvgIpc) is 3.33. The maximum absolute atomic E-state index is 12.9. The second-order valence-electron chi connectivity index (χ2n) is 8.13. The smallest absolute Gasteiger partial charge is 0.289 e. The summed E-state index contributed by atoms with van der Waals surface area (Å²) in [7, 11) is 1.55. The highest BCUT2D eigenvalue weighted by Crippen LogP contribution is 2.24. The summed E-state index contributed by atoms with van der Waals surface area (Å²) < 4.78 is 11.0. The number of carbonyl (C=O) groups excluding carboxylic acids is 2. The summed E-state index contributed by atoms with van der Waals surface area (Å²) in [5.74, 6) is 0.615. The Balaban J connectivity index is 1.19. The number of fused-ring (bicyclic) bond motifs is 1. The van der Waals surface area contributed by atoms with E-state index < -0.39 is 0 Å². The first-order valence-electron chi connectivity index (χ1n) is 11.2. The Labute approximate surface area is 197 Å². The number of nitrogens with zero attached hydrogens (tertiary/aromatic N) is 2. The molecule has 7 nitrogen and oxygen atoms in total. The van der Waals surface area contributed by atoms with Crippen molar-refractivity contribution in [1.82, 2.24) is 4.90 Å². The lowest BCUT2D eigenvalue weighted by atomic mass is 10.1. The number of amides is 2.